The number of carbonyl (C=O) groups excluding carboxylic acids is 6. The summed E-state index contributed by atoms with van der Waals surface area (Å²) in [7, 11) is 0. The van der Waals surface area contributed by atoms with E-state index in [2.05, 4.69) is 41.9 Å². The minimum Gasteiger partial charge on any atom is -0.481 e. The molecule has 4 atom stereocenters. The van der Waals surface area contributed by atoms with Gasteiger partial charge in [0.05, 0.1) is 25.9 Å². The number of aliphatic carboxylic acids is 2. The molecule has 1 aliphatic rings. The van der Waals surface area contributed by atoms with Gasteiger partial charge in [0.25, 0.3) is 0 Å². The molecule has 1 fully saturated rings. The molecule has 0 aromatic rings. The number of hydrogen-bond donors (Lipinski definition) is 12. The van der Waals surface area contributed by atoms with E-state index in [0.29, 0.717) is 0 Å². The standard InChI is InChI=1S/C24H40N12O10/c25-23(26)29-5-1-3-11-19(43)31-9-15(37)34-14(8-18(41)42)22(46)36-12(4-2-6-30-24(27)28)20(44)32-10-16(38)33-13(7-17(39)40)21(45)35-11/h11-14H,1-10H2,(H,31,43)(H,32,44)(H,33,38)(H,34,37)(H,35,45)(H,36,46)(H,39,40)(H,41,42)(H4,25,26,29)(H4,27,28,30)/t11-,12+,13-,14-/m0/s1. The van der Waals surface area contributed by atoms with Gasteiger partial charge in [0.2, 0.25) is 35.4 Å². The molecule has 22 nitrogen and oxygen atoms in total. The van der Waals surface area contributed by atoms with Crippen LogP contribution in [0.25, 0.3) is 0 Å². The maximum Gasteiger partial charge on any atom is 0.305 e. The number of carboxylic acid groups (broad SMARTS) is 2. The van der Waals surface area contributed by atoms with Crippen LogP contribution in [0.5, 0.6) is 0 Å². The summed E-state index contributed by atoms with van der Waals surface area (Å²) >= 11 is 0. The fourth-order valence-corrected chi connectivity index (χ4v) is 3.93. The van der Waals surface area contributed by atoms with E-state index in [0.717, 1.165) is 0 Å². The molecule has 0 aromatic carbocycles. The summed E-state index contributed by atoms with van der Waals surface area (Å²) in [5.41, 5.74) is 21.1. The topological polar surface area (TPSA) is 378 Å². The van der Waals surface area contributed by atoms with Crippen molar-refractivity contribution in [3.05, 3.63) is 0 Å². The number of nitrogens with one attached hydrogen (secondary N) is 6. The van der Waals surface area contributed by atoms with Gasteiger partial charge in [-0.25, -0.2) is 0 Å². The zero-order chi connectivity index (χ0) is 34.8. The van der Waals surface area contributed by atoms with Crippen molar-refractivity contribution in [2.24, 2.45) is 32.9 Å². The highest BCUT2D eigenvalue weighted by atomic mass is 16.4. The Labute approximate surface area is 261 Å². The van der Waals surface area contributed by atoms with Crippen molar-refractivity contribution in [2.75, 3.05) is 26.2 Å². The van der Waals surface area contributed by atoms with Crippen LogP contribution >= 0.6 is 0 Å². The van der Waals surface area contributed by atoms with Crippen molar-refractivity contribution in [1.82, 2.24) is 31.9 Å². The Balaban J connectivity index is 3.35. The second-order valence-corrected chi connectivity index (χ2v) is 9.89. The fourth-order valence-electron chi connectivity index (χ4n) is 3.93. The lowest BCUT2D eigenvalue weighted by Crippen LogP contribution is -2.58. The molecule has 0 saturated carbocycles. The minimum absolute atomic E-state index is 0.0404. The molecule has 46 heavy (non-hydrogen) atoms. The molecule has 256 valence electrons. The van der Waals surface area contributed by atoms with Crippen LogP contribution in [0.15, 0.2) is 9.98 Å². The Hall–Kier alpha value is -5.70. The molecule has 0 radical (unpaired) electrons. The van der Waals surface area contributed by atoms with Crippen molar-refractivity contribution < 1.29 is 48.6 Å². The van der Waals surface area contributed by atoms with E-state index in [1.165, 1.54) is 0 Å². The molecule has 1 saturated heterocycles. The molecule has 0 aromatic heterocycles. The van der Waals surface area contributed by atoms with Crippen LogP contribution in [0.4, 0.5) is 0 Å². The van der Waals surface area contributed by atoms with Gasteiger partial charge >= 0.3 is 11.9 Å². The van der Waals surface area contributed by atoms with Crippen LogP contribution in [0.2, 0.25) is 0 Å². The maximum absolute atomic E-state index is 13.0. The predicted octanol–water partition coefficient (Wildman–Crippen LogP) is -6.77. The van der Waals surface area contributed by atoms with Gasteiger partial charge in [0.15, 0.2) is 11.9 Å². The lowest BCUT2D eigenvalue weighted by Gasteiger charge is -2.24. The zero-order valence-corrected chi connectivity index (χ0v) is 24.7. The summed E-state index contributed by atoms with van der Waals surface area (Å²) < 4.78 is 0. The van der Waals surface area contributed by atoms with Crippen LogP contribution in [-0.2, 0) is 38.4 Å². The Kier molecular flexibility index (Phi) is 16.3. The third-order valence-corrected chi connectivity index (χ3v) is 6.06. The number of aliphatic imine (C=N–C) groups is 2. The smallest absolute Gasteiger partial charge is 0.305 e. The van der Waals surface area contributed by atoms with E-state index in [4.69, 9.17) is 22.9 Å². The second-order valence-electron chi connectivity index (χ2n) is 9.89. The lowest BCUT2D eigenvalue weighted by atomic mass is 10.1. The minimum atomic E-state index is -1.69. The largest absolute Gasteiger partial charge is 0.481 e. The van der Waals surface area contributed by atoms with Gasteiger partial charge in [-0.2, -0.15) is 0 Å². The highest BCUT2D eigenvalue weighted by Gasteiger charge is 2.31. The van der Waals surface area contributed by atoms with Gasteiger partial charge < -0.3 is 65.0 Å². The van der Waals surface area contributed by atoms with Gasteiger partial charge in [0, 0.05) is 13.1 Å². The number of carboxylic acids is 2. The molecule has 22 heteroatoms. The van der Waals surface area contributed by atoms with E-state index in [-0.39, 0.29) is 50.7 Å². The van der Waals surface area contributed by atoms with Gasteiger partial charge in [-0.3, -0.25) is 48.3 Å². The summed E-state index contributed by atoms with van der Waals surface area (Å²) in [6.07, 6.45) is -1.73. The van der Waals surface area contributed by atoms with Crippen molar-refractivity contribution in [3.63, 3.8) is 0 Å². The van der Waals surface area contributed by atoms with Crippen LogP contribution in [0.1, 0.15) is 38.5 Å². The van der Waals surface area contributed by atoms with Crippen molar-refractivity contribution in [1.29, 1.82) is 0 Å². The van der Waals surface area contributed by atoms with E-state index in [9.17, 15) is 48.6 Å². The molecular formula is C24H40N12O10. The summed E-state index contributed by atoms with van der Waals surface area (Å²) in [6, 6.07) is -6.13. The highest BCUT2D eigenvalue weighted by molar-refractivity contribution is 5.98. The van der Waals surface area contributed by atoms with E-state index in [1.54, 1.807) is 0 Å². The molecule has 0 unspecified atom stereocenters. The number of amides is 6. The van der Waals surface area contributed by atoms with E-state index < -0.39 is 97.5 Å². The quantitative estimate of drug-likeness (QED) is 0.0528. The number of nitrogens with two attached hydrogens (primary N) is 4. The molecule has 16 N–H and O–H groups in total. The van der Waals surface area contributed by atoms with Gasteiger partial charge in [0.1, 0.15) is 24.2 Å². The van der Waals surface area contributed by atoms with Gasteiger partial charge in [-0.1, -0.05) is 0 Å². The summed E-state index contributed by atoms with van der Waals surface area (Å²) in [4.78, 5) is 108. The molecule has 1 aliphatic heterocycles. The average molecular weight is 657 g/mol. The molecule has 1 rings (SSSR count). The summed E-state index contributed by atoms with van der Waals surface area (Å²) in [6.45, 7) is -1.47. The maximum atomic E-state index is 13.0. The summed E-state index contributed by atoms with van der Waals surface area (Å²) in [5.74, 6) is -9.37. The Morgan fingerprint density at radius 1 is 0.587 bits per heavy atom. The molecule has 6 amide bonds. The first kappa shape index (κ1) is 38.3. The third kappa shape index (κ3) is 15.7. The van der Waals surface area contributed by atoms with Gasteiger partial charge in [-0.05, 0) is 25.7 Å². The van der Waals surface area contributed by atoms with Crippen LogP contribution in [-0.4, -0.2) is 120 Å². The lowest BCUT2D eigenvalue weighted by molar-refractivity contribution is -0.142. The molecular weight excluding hydrogens is 616 g/mol. The fraction of sp³-hybridized carbons (Fsp3) is 0.583. The first-order chi connectivity index (χ1) is 21.6. The predicted molar refractivity (Wildman–Crippen MR) is 158 cm³/mol. The SMILES string of the molecule is NC(N)=NCCC[C@@H]1NC(=O)[C@H](CC(=O)O)NC(=O)CNC(=O)[C@@H](CCCN=C(N)N)NC(=O)[C@H](CC(=O)O)NC(=O)CNC1=O. The van der Waals surface area contributed by atoms with Crippen molar-refractivity contribution >= 4 is 59.3 Å². The monoisotopic (exact) mass is 656 g/mol. The molecule has 1 heterocycles. The molecule has 0 aliphatic carbocycles. The number of rotatable bonds is 12. The van der Waals surface area contributed by atoms with E-state index >= 15 is 0 Å². The molecule has 0 bridgehead atoms. The van der Waals surface area contributed by atoms with Crippen molar-refractivity contribution in [3.8, 4) is 0 Å². The summed E-state index contributed by atoms with van der Waals surface area (Å²) in [5, 5.41) is 32.0. The second kappa shape index (κ2) is 19.6. The van der Waals surface area contributed by atoms with Crippen molar-refractivity contribution in [2.45, 2.75) is 62.7 Å². The highest BCUT2D eigenvalue weighted by Crippen LogP contribution is 2.04. The third-order valence-electron chi connectivity index (χ3n) is 6.06. The molecule has 0 spiro atoms. The van der Waals surface area contributed by atoms with Crippen LogP contribution in [0.3, 0.4) is 0 Å². The first-order valence-corrected chi connectivity index (χ1v) is 13.9. The Morgan fingerprint density at radius 3 is 1.24 bits per heavy atom. The number of carbonyl (C=O) groups is 8. The normalized spacial score (nSPS) is 21.8. The van der Waals surface area contributed by atoms with Crippen LogP contribution < -0.4 is 54.8 Å². The Bertz CT molecular complexity index is 1120. The zero-order valence-electron chi connectivity index (χ0n) is 24.7. The Morgan fingerprint density at radius 2 is 0.935 bits per heavy atom. The number of guanidine groups is 2. The van der Waals surface area contributed by atoms with Crippen LogP contribution in [0, 0.1) is 0 Å². The first-order valence-electron chi connectivity index (χ1n) is 13.9. The number of hydrogen-bond acceptors (Lipinski definition) is 10. The van der Waals surface area contributed by atoms with Gasteiger partial charge in [-0.15, -0.1) is 0 Å². The average Bonchev–Trinajstić information content (AvgIpc) is 2.95. The number of nitrogens with zero attached hydrogens (tertiary/aromatic N) is 2. The van der Waals surface area contributed by atoms with E-state index in [1.807, 2.05) is 0 Å².